The second-order valence-electron chi connectivity index (χ2n) is 6.53. The van der Waals surface area contributed by atoms with Gasteiger partial charge in [0, 0.05) is 12.6 Å². The molecular formula is C15H29NO. The van der Waals surface area contributed by atoms with Crippen LogP contribution >= 0.6 is 0 Å². The van der Waals surface area contributed by atoms with Crippen LogP contribution in [0, 0.1) is 5.92 Å². The molecule has 0 aromatic carbocycles. The smallest absolute Gasteiger partial charge is 0.0774 e. The molecule has 0 amide bonds. The fourth-order valence-corrected chi connectivity index (χ4v) is 3.90. The van der Waals surface area contributed by atoms with Crippen molar-refractivity contribution in [3.8, 4) is 0 Å². The van der Waals surface area contributed by atoms with Gasteiger partial charge in [0.05, 0.1) is 5.60 Å². The van der Waals surface area contributed by atoms with E-state index in [9.17, 15) is 5.11 Å². The highest BCUT2D eigenvalue weighted by atomic mass is 16.3. The number of hydrogen-bond donors (Lipinski definition) is 1. The topological polar surface area (TPSA) is 23.5 Å². The Bertz CT molecular complexity index is 235. The minimum absolute atomic E-state index is 0.385. The summed E-state index contributed by atoms with van der Waals surface area (Å²) in [5.41, 5.74) is -0.385. The SMILES string of the molecule is CC1CCCCC1N(C)CC1(O)CCCCC1. The molecule has 2 fully saturated rings. The normalized spacial score (nSPS) is 33.9. The average molecular weight is 239 g/mol. The van der Waals surface area contributed by atoms with E-state index in [4.69, 9.17) is 0 Å². The van der Waals surface area contributed by atoms with E-state index in [0.717, 1.165) is 25.3 Å². The Balaban J connectivity index is 1.88. The lowest BCUT2D eigenvalue weighted by Crippen LogP contribution is -2.49. The van der Waals surface area contributed by atoms with Crippen LogP contribution in [0.15, 0.2) is 0 Å². The molecule has 0 spiro atoms. The molecule has 100 valence electrons. The zero-order valence-electron chi connectivity index (χ0n) is 11.6. The Hall–Kier alpha value is -0.0800. The van der Waals surface area contributed by atoms with E-state index in [1.165, 1.54) is 44.9 Å². The zero-order chi connectivity index (χ0) is 12.3. The van der Waals surface area contributed by atoms with Gasteiger partial charge in [0.1, 0.15) is 0 Å². The lowest BCUT2D eigenvalue weighted by Gasteiger charge is -2.42. The molecular weight excluding hydrogens is 210 g/mol. The fraction of sp³-hybridized carbons (Fsp3) is 1.00. The third-order valence-corrected chi connectivity index (χ3v) is 4.96. The highest BCUT2D eigenvalue weighted by molar-refractivity contribution is 4.88. The van der Waals surface area contributed by atoms with Gasteiger partial charge in [-0.1, -0.05) is 39.0 Å². The molecule has 0 saturated heterocycles. The quantitative estimate of drug-likeness (QED) is 0.817. The van der Waals surface area contributed by atoms with Crippen LogP contribution < -0.4 is 0 Å². The average Bonchev–Trinajstić information content (AvgIpc) is 2.29. The molecule has 2 saturated carbocycles. The first kappa shape index (κ1) is 13.4. The lowest BCUT2D eigenvalue weighted by molar-refractivity contribution is -0.0376. The molecule has 0 heterocycles. The predicted octanol–water partition coefficient (Wildman–Crippen LogP) is 3.19. The summed E-state index contributed by atoms with van der Waals surface area (Å²) in [5.74, 6) is 0.806. The molecule has 2 aliphatic rings. The van der Waals surface area contributed by atoms with E-state index in [1.54, 1.807) is 0 Å². The first-order valence-corrected chi connectivity index (χ1v) is 7.53. The van der Waals surface area contributed by atoms with Gasteiger partial charge < -0.3 is 10.0 Å². The first-order chi connectivity index (χ1) is 8.11. The second kappa shape index (κ2) is 5.71. The van der Waals surface area contributed by atoms with E-state index in [-0.39, 0.29) is 5.60 Å². The van der Waals surface area contributed by atoms with Crippen molar-refractivity contribution in [1.29, 1.82) is 0 Å². The van der Waals surface area contributed by atoms with Crippen LogP contribution in [0.3, 0.4) is 0 Å². The molecule has 2 rings (SSSR count). The van der Waals surface area contributed by atoms with Crippen LogP contribution in [0.5, 0.6) is 0 Å². The lowest BCUT2D eigenvalue weighted by atomic mass is 9.81. The van der Waals surface area contributed by atoms with E-state index in [2.05, 4.69) is 18.9 Å². The van der Waals surface area contributed by atoms with Crippen molar-refractivity contribution in [3.63, 3.8) is 0 Å². The summed E-state index contributed by atoms with van der Waals surface area (Å²) in [4.78, 5) is 2.45. The molecule has 1 N–H and O–H groups in total. The van der Waals surface area contributed by atoms with Crippen LogP contribution in [-0.2, 0) is 0 Å². The van der Waals surface area contributed by atoms with Gasteiger partial charge in [0.15, 0.2) is 0 Å². The molecule has 0 bridgehead atoms. The third kappa shape index (κ3) is 3.45. The summed E-state index contributed by atoms with van der Waals surface area (Å²) in [6.45, 7) is 3.27. The van der Waals surface area contributed by atoms with Gasteiger partial charge in [-0.25, -0.2) is 0 Å². The summed E-state index contributed by atoms with van der Waals surface area (Å²) in [6, 6.07) is 0.703. The second-order valence-corrected chi connectivity index (χ2v) is 6.53. The van der Waals surface area contributed by atoms with Gasteiger partial charge in [0.25, 0.3) is 0 Å². The molecule has 2 aliphatic carbocycles. The Morgan fingerprint density at radius 2 is 1.71 bits per heavy atom. The van der Waals surface area contributed by atoms with E-state index < -0.39 is 0 Å². The van der Waals surface area contributed by atoms with Crippen molar-refractivity contribution in [3.05, 3.63) is 0 Å². The van der Waals surface area contributed by atoms with Gasteiger partial charge in [-0.2, -0.15) is 0 Å². The molecule has 2 heteroatoms. The Kier molecular flexibility index (Phi) is 4.48. The Morgan fingerprint density at radius 1 is 1.06 bits per heavy atom. The number of nitrogens with zero attached hydrogens (tertiary/aromatic N) is 1. The maximum Gasteiger partial charge on any atom is 0.0774 e. The maximum absolute atomic E-state index is 10.6. The van der Waals surface area contributed by atoms with Crippen LogP contribution in [0.1, 0.15) is 64.7 Å². The predicted molar refractivity (Wildman–Crippen MR) is 72.1 cm³/mol. The number of aliphatic hydroxyl groups is 1. The first-order valence-electron chi connectivity index (χ1n) is 7.53. The molecule has 0 aromatic heterocycles. The molecule has 17 heavy (non-hydrogen) atoms. The minimum atomic E-state index is -0.385. The maximum atomic E-state index is 10.6. The van der Waals surface area contributed by atoms with E-state index in [0.29, 0.717) is 6.04 Å². The Morgan fingerprint density at radius 3 is 2.35 bits per heavy atom. The van der Waals surface area contributed by atoms with Crippen molar-refractivity contribution in [1.82, 2.24) is 4.90 Å². The van der Waals surface area contributed by atoms with Crippen molar-refractivity contribution in [2.45, 2.75) is 76.4 Å². The van der Waals surface area contributed by atoms with Gasteiger partial charge in [-0.05, 0) is 38.6 Å². The highest BCUT2D eigenvalue weighted by Crippen LogP contribution is 2.32. The summed E-state index contributed by atoms with van der Waals surface area (Å²) in [6.07, 6.45) is 11.2. The molecule has 2 nitrogen and oxygen atoms in total. The van der Waals surface area contributed by atoms with Gasteiger partial charge >= 0.3 is 0 Å². The number of hydrogen-bond acceptors (Lipinski definition) is 2. The number of likely N-dealkylation sites (N-methyl/N-ethyl adjacent to an activating group) is 1. The van der Waals surface area contributed by atoms with E-state index >= 15 is 0 Å². The molecule has 0 aromatic rings. The standard InChI is InChI=1S/C15H29NO/c1-13-8-4-5-9-14(13)16(2)12-15(17)10-6-3-7-11-15/h13-14,17H,3-12H2,1-2H3. The summed E-state index contributed by atoms with van der Waals surface area (Å²) in [7, 11) is 2.22. The summed E-state index contributed by atoms with van der Waals surface area (Å²) in [5, 5.41) is 10.6. The molecule has 2 atom stereocenters. The van der Waals surface area contributed by atoms with Gasteiger partial charge in [-0.15, -0.1) is 0 Å². The van der Waals surface area contributed by atoms with Crippen LogP contribution in [0.4, 0.5) is 0 Å². The zero-order valence-corrected chi connectivity index (χ0v) is 11.6. The largest absolute Gasteiger partial charge is 0.389 e. The number of rotatable bonds is 3. The highest BCUT2D eigenvalue weighted by Gasteiger charge is 2.34. The van der Waals surface area contributed by atoms with Crippen molar-refractivity contribution in [2.75, 3.05) is 13.6 Å². The monoisotopic (exact) mass is 239 g/mol. The Labute approximate surface area is 106 Å². The summed E-state index contributed by atoms with van der Waals surface area (Å²) >= 11 is 0. The molecule has 0 radical (unpaired) electrons. The van der Waals surface area contributed by atoms with Crippen LogP contribution in [0.2, 0.25) is 0 Å². The van der Waals surface area contributed by atoms with Gasteiger partial charge in [0.2, 0.25) is 0 Å². The molecule has 0 aliphatic heterocycles. The van der Waals surface area contributed by atoms with Crippen molar-refractivity contribution in [2.24, 2.45) is 5.92 Å². The minimum Gasteiger partial charge on any atom is -0.389 e. The van der Waals surface area contributed by atoms with Crippen molar-refractivity contribution >= 4 is 0 Å². The van der Waals surface area contributed by atoms with Gasteiger partial charge in [-0.3, -0.25) is 0 Å². The third-order valence-electron chi connectivity index (χ3n) is 4.96. The van der Waals surface area contributed by atoms with E-state index in [1.807, 2.05) is 0 Å². The van der Waals surface area contributed by atoms with Crippen molar-refractivity contribution < 1.29 is 5.11 Å². The van der Waals surface area contributed by atoms with Crippen LogP contribution in [-0.4, -0.2) is 35.2 Å². The summed E-state index contributed by atoms with van der Waals surface area (Å²) < 4.78 is 0. The molecule has 2 unspecified atom stereocenters. The fourth-order valence-electron chi connectivity index (χ4n) is 3.90. The van der Waals surface area contributed by atoms with Crippen LogP contribution in [0.25, 0.3) is 0 Å².